The van der Waals surface area contributed by atoms with Crippen molar-refractivity contribution in [2.45, 2.75) is 12.5 Å². The topological polar surface area (TPSA) is 91.2 Å². The average molecular weight is 360 g/mol. The number of carbonyl (C=O) groups excluding carboxylic acids is 1. The Balaban J connectivity index is 1.79. The number of halogens is 2. The average Bonchev–Trinajstić information content (AvgIpc) is 3.20. The number of nitrogen functional groups attached to an aromatic ring is 1. The minimum Gasteiger partial charge on any atom is -0.463 e. The molecule has 1 unspecified atom stereocenters. The number of nitrogens with two attached hydrogens (primary N) is 1. The van der Waals surface area contributed by atoms with Crippen LogP contribution in [0, 0.1) is 5.82 Å². The SMILES string of the molecule is Nc1nc(-c2ccco2)c2c(n1)C(Cc1cccc(Cl)c1F)OC2=O. The van der Waals surface area contributed by atoms with E-state index >= 15 is 0 Å². The number of hydrogen-bond acceptors (Lipinski definition) is 6. The van der Waals surface area contributed by atoms with E-state index in [1.165, 1.54) is 12.3 Å². The highest BCUT2D eigenvalue weighted by molar-refractivity contribution is 6.30. The van der Waals surface area contributed by atoms with Crippen molar-refractivity contribution in [1.29, 1.82) is 0 Å². The molecular weight excluding hydrogens is 349 g/mol. The Morgan fingerprint density at radius 1 is 1.24 bits per heavy atom. The van der Waals surface area contributed by atoms with Gasteiger partial charge in [-0.1, -0.05) is 23.7 Å². The Bertz CT molecular complexity index is 976. The number of furan rings is 1. The molecule has 1 atom stereocenters. The fourth-order valence-electron chi connectivity index (χ4n) is 2.81. The molecule has 0 saturated carbocycles. The Morgan fingerprint density at radius 2 is 2.08 bits per heavy atom. The third-order valence-electron chi connectivity index (χ3n) is 3.90. The zero-order chi connectivity index (χ0) is 17.6. The number of benzene rings is 1. The van der Waals surface area contributed by atoms with E-state index in [4.69, 9.17) is 26.5 Å². The first kappa shape index (κ1) is 15.6. The summed E-state index contributed by atoms with van der Waals surface area (Å²) >= 11 is 5.81. The van der Waals surface area contributed by atoms with Crippen molar-refractivity contribution in [3.8, 4) is 11.5 Å². The summed E-state index contributed by atoms with van der Waals surface area (Å²) < 4.78 is 24.8. The van der Waals surface area contributed by atoms with E-state index in [1.807, 2.05) is 0 Å². The van der Waals surface area contributed by atoms with Gasteiger partial charge < -0.3 is 14.9 Å². The molecule has 0 radical (unpaired) electrons. The molecule has 126 valence electrons. The van der Waals surface area contributed by atoms with E-state index in [2.05, 4.69) is 9.97 Å². The van der Waals surface area contributed by atoms with Gasteiger partial charge in [0.25, 0.3) is 0 Å². The maximum absolute atomic E-state index is 14.2. The second-order valence-corrected chi connectivity index (χ2v) is 5.89. The van der Waals surface area contributed by atoms with Crippen molar-refractivity contribution in [2.75, 3.05) is 5.73 Å². The van der Waals surface area contributed by atoms with Crippen molar-refractivity contribution < 1.29 is 18.3 Å². The molecule has 1 aliphatic heterocycles. The first-order chi connectivity index (χ1) is 12.0. The molecule has 1 aromatic carbocycles. The Labute approximate surface area is 146 Å². The third kappa shape index (κ3) is 2.62. The van der Waals surface area contributed by atoms with Gasteiger partial charge in [-0.25, -0.2) is 19.2 Å². The van der Waals surface area contributed by atoms with Crippen LogP contribution in [0.25, 0.3) is 11.5 Å². The van der Waals surface area contributed by atoms with E-state index in [0.29, 0.717) is 17.0 Å². The Morgan fingerprint density at radius 3 is 2.84 bits per heavy atom. The molecule has 2 aromatic heterocycles. The van der Waals surface area contributed by atoms with Crippen molar-refractivity contribution in [2.24, 2.45) is 0 Å². The molecule has 0 aliphatic carbocycles. The maximum atomic E-state index is 14.2. The quantitative estimate of drug-likeness (QED) is 0.719. The van der Waals surface area contributed by atoms with Gasteiger partial charge >= 0.3 is 5.97 Å². The molecule has 1 aliphatic rings. The fraction of sp³-hybridized carbons (Fsp3) is 0.118. The first-order valence-corrected chi connectivity index (χ1v) is 7.77. The van der Waals surface area contributed by atoms with Crippen molar-refractivity contribution in [1.82, 2.24) is 9.97 Å². The van der Waals surface area contributed by atoms with Crippen LogP contribution in [0.1, 0.15) is 27.7 Å². The monoisotopic (exact) mass is 359 g/mol. The first-order valence-electron chi connectivity index (χ1n) is 7.39. The maximum Gasteiger partial charge on any atom is 0.343 e. The molecule has 0 amide bonds. The van der Waals surface area contributed by atoms with Gasteiger partial charge in [0.2, 0.25) is 5.95 Å². The van der Waals surface area contributed by atoms with Crippen LogP contribution in [0.2, 0.25) is 5.02 Å². The molecule has 0 fully saturated rings. The largest absolute Gasteiger partial charge is 0.463 e. The Kier molecular flexibility index (Phi) is 3.65. The number of ether oxygens (including phenoxy) is 1. The summed E-state index contributed by atoms with van der Waals surface area (Å²) in [4.78, 5) is 20.6. The minimum absolute atomic E-state index is 0.000484. The zero-order valence-corrected chi connectivity index (χ0v) is 13.5. The second-order valence-electron chi connectivity index (χ2n) is 5.48. The van der Waals surface area contributed by atoms with Crippen LogP contribution >= 0.6 is 11.6 Å². The number of cyclic esters (lactones) is 1. The summed E-state index contributed by atoms with van der Waals surface area (Å²) in [6.07, 6.45) is 0.757. The number of anilines is 1. The third-order valence-corrected chi connectivity index (χ3v) is 4.20. The van der Waals surface area contributed by atoms with Gasteiger partial charge in [0.15, 0.2) is 5.76 Å². The van der Waals surface area contributed by atoms with Crippen molar-refractivity contribution in [3.63, 3.8) is 0 Å². The zero-order valence-electron chi connectivity index (χ0n) is 12.7. The van der Waals surface area contributed by atoms with Crippen LogP contribution in [-0.4, -0.2) is 15.9 Å². The summed E-state index contributed by atoms with van der Waals surface area (Å²) in [5, 5.41) is 0.000484. The lowest BCUT2D eigenvalue weighted by atomic mass is 10.0. The van der Waals surface area contributed by atoms with Crippen molar-refractivity contribution >= 4 is 23.5 Å². The van der Waals surface area contributed by atoms with E-state index < -0.39 is 17.9 Å². The van der Waals surface area contributed by atoms with Gasteiger partial charge in [-0.15, -0.1) is 0 Å². The number of fused-ring (bicyclic) bond motifs is 1. The molecule has 0 saturated heterocycles. The second kappa shape index (κ2) is 5.86. The predicted octanol–water partition coefficient (Wildman–Crippen LogP) is 3.57. The van der Waals surface area contributed by atoms with E-state index in [-0.39, 0.29) is 28.6 Å². The van der Waals surface area contributed by atoms with Crippen molar-refractivity contribution in [3.05, 3.63) is 64.3 Å². The van der Waals surface area contributed by atoms with Gasteiger partial charge in [0.05, 0.1) is 11.3 Å². The normalized spacial score (nSPS) is 15.9. The lowest BCUT2D eigenvalue weighted by Gasteiger charge is -2.11. The smallest absolute Gasteiger partial charge is 0.343 e. The molecule has 2 N–H and O–H groups in total. The fourth-order valence-corrected chi connectivity index (χ4v) is 3.00. The van der Waals surface area contributed by atoms with Crippen LogP contribution in [0.15, 0.2) is 41.0 Å². The Hall–Kier alpha value is -2.93. The summed E-state index contributed by atoms with van der Waals surface area (Å²) in [6.45, 7) is 0. The standard InChI is InChI=1S/C17H11ClFN3O3/c18-9-4-1-3-8(13(9)19)7-11-15-12(16(23)25-11)14(21-17(20)22-15)10-5-2-6-24-10/h1-6,11H,7H2,(H2,20,21,22). The summed E-state index contributed by atoms with van der Waals surface area (Å²) in [5.41, 5.74) is 6.82. The molecule has 0 bridgehead atoms. The number of esters is 1. The molecule has 4 rings (SSSR count). The molecular formula is C17H11ClFN3O3. The lowest BCUT2D eigenvalue weighted by molar-refractivity contribution is 0.0381. The summed E-state index contributed by atoms with van der Waals surface area (Å²) in [5.74, 6) is -0.812. The van der Waals surface area contributed by atoms with Crippen LogP contribution < -0.4 is 5.73 Å². The summed E-state index contributed by atoms with van der Waals surface area (Å²) in [6, 6.07) is 7.97. The van der Waals surface area contributed by atoms with Gasteiger partial charge in [-0.05, 0) is 23.8 Å². The number of rotatable bonds is 3. The molecule has 3 heterocycles. The molecule has 3 aromatic rings. The van der Waals surface area contributed by atoms with Crippen LogP contribution in [0.3, 0.4) is 0 Å². The van der Waals surface area contributed by atoms with E-state index in [1.54, 1.807) is 24.3 Å². The van der Waals surface area contributed by atoms with Gasteiger partial charge in [0, 0.05) is 6.42 Å². The number of hydrogen-bond donors (Lipinski definition) is 1. The molecule has 0 spiro atoms. The van der Waals surface area contributed by atoms with Crippen LogP contribution in [0.5, 0.6) is 0 Å². The highest BCUT2D eigenvalue weighted by Gasteiger charge is 2.37. The van der Waals surface area contributed by atoms with E-state index in [9.17, 15) is 9.18 Å². The van der Waals surface area contributed by atoms with Crippen LogP contribution in [0.4, 0.5) is 10.3 Å². The molecule has 8 heteroatoms. The number of nitrogens with zero attached hydrogens (tertiary/aromatic N) is 2. The van der Waals surface area contributed by atoms with Gasteiger partial charge in [-0.2, -0.15) is 0 Å². The van der Waals surface area contributed by atoms with Crippen LogP contribution in [-0.2, 0) is 11.2 Å². The lowest BCUT2D eigenvalue weighted by Crippen LogP contribution is -2.08. The molecule has 6 nitrogen and oxygen atoms in total. The van der Waals surface area contributed by atoms with Gasteiger partial charge in [0.1, 0.15) is 28.9 Å². The summed E-state index contributed by atoms with van der Waals surface area (Å²) in [7, 11) is 0. The highest BCUT2D eigenvalue weighted by Crippen LogP contribution is 2.38. The highest BCUT2D eigenvalue weighted by atomic mass is 35.5. The molecule has 25 heavy (non-hydrogen) atoms. The number of aromatic nitrogens is 2. The van der Waals surface area contributed by atoms with Gasteiger partial charge in [-0.3, -0.25) is 0 Å². The minimum atomic E-state index is -0.783. The predicted molar refractivity (Wildman–Crippen MR) is 87.4 cm³/mol. The number of carbonyl (C=O) groups is 1. The van der Waals surface area contributed by atoms with E-state index in [0.717, 1.165) is 0 Å².